The van der Waals surface area contributed by atoms with Crippen LogP contribution in [0.1, 0.15) is 15.9 Å². The lowest BCUT2D eigenvalue weighted by Gasteiger charge is -2.44. The van der Waals surface area contributed by atoms with Crippen LogP contribution in [-0.2, 0) is 11.2 Å². The first-order chi connectivity index (χ1) is 14.7. The number of aromatic amines is 1. The van der Waals surface area contributed by atoms with E-state index in [1.165, 1.54) is 6.33 Å². The van der Waals surface area contributed by atoms with Crippen molar-refractivity contribution in [3.63, 3.8) is 0 Å². The van der Waals surface area contributed by atoms with Crippen molar-refractivity contribution in [1.82, 2.24) is 25.0 Å². The topological polar surface area (TPSA) is 91.4 Å². The van der Waals surface area contributed by atoms with Crippen LogP contribution in [0.15, 0.2) is 60.9 Å². The summed E-state index contributed by atoms with van der Waals surface area (Å²) >= 11 is 0. The third kappa shape index (κ3) is 3.10. The molecule has 1 atom stereocenters. The second kappa shape index (κ2) is 7.29. The van der Waals surface area contributed by atoms with E-state index in [1.54, 1.807) is 11.0 Å². The molecule has 2 aromatic carbocycles. The van der Waals surface area contributed by atoms with Crippen LogP contribution >= 0.6 is 0 Å². The molecule has 2 aliphatic heterocycles. The minimum Gasteiger partial charge on any atom is -0.447 e. The third-order valence-corrected chi connectivity index (χ3v) is 5.83. The SMILES string of the molecule is O=C(c1ccccc1-c1ncn[nH]1)N1CCN2C(=O)OCC2(Cc2ccccc2)C1. The number of hydrogen-bond acceptors (Lipinski definition) is 5. The highest BCUT2D eigenvalue weighted by Gasteiger charge is 2.51. The summed E-state index contributed by atoms with van der Waals surface area (Å²) in [5.41, 5.74) is 1.81. The van der Waals surface area contributed by atoms with Crippen LogP contribution in [0.5, 0.6) is 0 Å². The molecule has 152 valence electrons. The number of carbonyl (C=O) groups is 2. The molecule has 1 unspecified atom stereocenters. The molecule has 8 nitrogen and oxygen atoms in total. The predicted molar refractivity (Wildman–Crippen MR) is 109 cm³/mol. The van der Waals surface area contributed by atoms with E-state index >= 15 is 0 Å². The van der Waals surface area contributed by atoms with Crippen molar-refractivity contribution in [2.24, 2.45) is 0 Å². The summed E-state index contributed by atoms with van der Waals surface area (Å²) in [5.74, 6) is 0.462. The van der Waals surface area contributed by atoms with Gasteiger partial charge in [0.05, 0.1) is 5.56 Å². The molecule has 5 rings (SSSR count). The van der Waals surface area contributed by atoms with Gasteiger partial charge in [-0.3, -0.25) is 14.8 Å². The van der Waals surface area contributed by atoms with Gasteiger partial charge in [0, 0.05) is 31.6 Å². The molecule has 1 N–H and O–H groups in total. The number of ether oxygens (including phenoxy) is 1. The van der Waals surface area contributed by atoms with Crippen LogP contribution in [0.2, 0.25) is 0 Å². The number of aromatic nitrogens is 3. The fourth-order valence-electron chi connectivity index (χ4n) is 4.39. The Hall–Kier alpha value is -3.68. The molecule has 0 saturated carbocycles. The van der Waals surface area contributed by atoms with Gasteiger partial charge in [0.1, 0.15) is 18.5 Å². The van der Waals surface area contributed by atoms with Crippen molar-refractivity contribution in [1.29, 1.82) is 0 Å². The predicted octanol–water partition coefficient (Wildman–Crippen LogP) is 2.36. The number of hydrogen-bond donors (Lipinski definition) is 1. The molecule has 0 bridgehead atoms. The maximum atomic E-state index is 13.5. The van der Waals surface area contributed by atoms with Crippen LogP contribution < -0.4 is 0 Å². The van der Waals surface area contributed by atoms with Gasteiger partial charge in [-0.2, -0.15) is 5.10 Å². The Morgan fingerprint density at radius 3 is 2.70 bits per heavy atom. The summed E-state index contributed by atoms with van der Waals surface area (Å²) in [6, 6.07) is 17.4. The van der Waals surface area contributed by atoms with Gasteiger partial charge in [-0.05, 0) is 11.6 Å². The highest BCUT2D eigenvalue weighted by Crippen LogP contribution is 2.33. The van der Waals surface area contributed by atoms with Gasteiger partial charge >= 0.3 is 6.09 Å². The van der Waals surface area contributed by atoms with Crippen molar-refractivity contribution < 1.29 is 14.3 Å². The van der Waals surface area contributed by atoms with Gasteiger partial charge in [0.15, 0.2) is 5.82 Å². The molecule has 0 aliphatic carbocycles. The van der Waals surface area contributed by atoms with Gasteiger partial charge in [0.2, 0.25) is 0 Å². The number of fused-ring (bicyclic) bond motifs is 1. The summed E-state index contributed by atoms with van der Waals surface area (Å²) in [7, 11) is 0. The first kappa shape index (κ1) is 18.4. The number of H-pyrrole nitrogens is 1. The second-order valence-electron chi connectivity index (χ2n) is 7.70. The number of carbonyl (C=O) groups excluding carboxylic acids is 2. The van der Waals surface area contributed by atoms with Crippen molar-refractivity contribution in [3.05, 3.63) is 72.1 Å². The van der Waals surface area contributed by atoms with Crippen molar-refractivity contribution in [2.75, 3.05) is 26.2 Å². The van der Waals surface area contributed by atoms with Crippen molar-refractivity contribution >= 4 is 12.0 Å². The number of piperazine rings is 1. The maximum absolute atomic E-state index is 13.5. The Balaban J connectivity index is 1.46. The van der Waals surface area contributed by atoms with Gasteiger partial charge in [-0.25, -0.2) is 9.78 Å². The van der Waals surface area contributed by atoms with Crippen LogP contribution in [0.25, 0.3) is 11.4 Å². The number of nitrogens with zero attached hydrogens (tertiary/aromatic N) is 4. The molecule has 2 saturated heterocycles. The van der Waals surface area contributed by atoms with Crippen molar-refractivity contribution in [2.45, 2.75) is 12.0 Å². The molecule has 3 aromatic rings. The Kier molecular flexibility index (Phi) is 4.46. The van der Waals surface area contributed by atoms with Gasteiger partial charge in [-0.1, -0.05) is 48.5 Å². The fraction of sp³-hybridized carbons (Fsp3) is 0.273. The van der Waals surface area contributed by atoms with E-state index in [2.05, 4.69) is 15.2 Å². The molecule has 0 spiro atoms. The van der Waals surface area contributed by atoms with Gasteiger partial charge in [0.25, 0.3) is 5.91 Å². The summed E-state index contributed by atoms with van der Waals surface area (Å²) in [4.78, 5) is 33.6. The standard InChI is InChI=1S/C22H21N5O3/c28-20(18-9-5-4-8-17(18)19-23-15-24-25-19)26-10-11-27-21(29)30-14-22(27,13-26)12-16-6-2-1-3-7-16/h1-9,15H,10-14H2,(H,23,24,25). The number of benzene rings is 2. The fourth-order valence-corrected chi connectivity index (χ4v) is 4.39. The van der Waals surface area contributed by atoms with E-state index in [4.69, 9.17) is 4.74 Å². The molecular weight excluding hydrogens is 382 g/mol. The molecule has 0 radical (unpaired) electrons. The third-order valence-electron chi connectivity index (χ3n) is 5.83. The van der Waals surface area contributed by atoms with E-state index in [1.807, 2.05) is 53.4 Å². The summed E-state index contributed by atoms with van der Waals surface area (Å²) in [5, 5.41) is 6.73. The van der Waals surface area contributed by atoms with Crippen molar-refractivity contribution in [3.8, 4) is 11.4 Å². The lowest BCUT2D eigenvalue weighted by Crippen LogP contribution is -2.63. The maximum Gasteiger partial charge on any atom is 0.410 e. The lowest BCUT2D eigenvalue weighted by molar-refractivity contribution is 0.0376. The van der Waals surface area contributed by atoms with Crippen LogP contribution in [0, 0.1) is 0 Å². The monoisotopic (exact) mass is 403 g/mol. The summed E-state index contributed by atoms with van der Waals surface area (Å²) in [6.07, 6.45) is 1.75. The quantitative estimate of drug-likeness (QED) is 0.722. The highest BCUT2D eigenvalue weighted by atomic mass is 16.6. The molecule has 1 aromatic heterocycles. The zero-order valence-electron chi connectivity index (χ0n) is 16.3. The van der Waals surface area contributed by atoms with Gasteiger partial charge in [-0.15, -0.1) is 0 Å². The normalized spacial score (nSPS) is 20.7. The number of nitrogens with one attached hydrogen (secondary N) is 1. The average molecular weight is 403 g/mol. The first-order valence-electron chi connectivity index (χ1n) is 9.89. The number of cyclic esters (lactones) is 1. The van der Waals surface area contributed by atoms with E-state index in [0.29, 0.717) is 43.0 Å². The number of amides is 2. The Morgan fingerprint density at radius 2 is 1.90 bits per heavy atom. The Morgan fingerprint density at radius 1 is 1.10 bits per heavy atom. The summed E-state index contributed by atoms with van der Waals surface area (Å²) in [6.45, 7) is 1.59. The zero-order chi connectivity index (χ0) is 20.6. The molecule has 2 amide bonds. The Bertz CT molecular complexity index is 1070. The van der Waals surface area contributed by atoms with E-state index in [0.717, 1.165) is 5.56 Å². The minimum atomic E-state index is -0.562. The Labute approximate surface area is 173 Å². The molecule has 2 fully saturated rings. The molecule has 2 aliphatic rings. The van der Waals surface area contributed by atoms with Crippen LogP contribution in [0.3, 0.4) is 0 Å². The average Bonchev–Trinajstić information content (AvgIpc) is 3.42. The van der Waals surface area contributed by atoms with E-state index in [-0.39, 0.29) is 18.6 Å². The molecule has 3 heterocycles. The van der Waals surface area contributed by atoms with Crippen LogP contribution in [-0.4, -0.2) is 68.8 Å². The van der Waals surface area contributed by atoms with Crippen LogP contribution in [0.4, 0.5) is 4.79 Å². The van der Waals surface area contributed by atoms with Gasteiger partial charge < -0.3 is 9.64 Å². The minimum absolute atomic E-state index is 0.0894. The second-order valence-corrected chi connectivity index (χ2v) is 7.70. The smallest absolute Gasteiger partial charge is 0.410 e. The first-order valence-corrected chi connectivity index (χ1v) is 9.89. The molecule has 8 heteroatoms. The van der Waals surface area contributed by atoms with E-state index in [9.17, 15) is 9.59 Å². The van der Waals surface area contributed by atoms with E-state index < -0.39 is 5.54 Å². The highest BCUT2D eigenvalue weighted by molar-refractivity contribution is 6.00. The molecule has 30 heavy (non-hydrogen) atoms. The lowest BCUT2D eigenvalue weighted by atomic mass is 9.87. The molecular formula is C22H21N5O3. The number of rotatable bonds is 4. The largest absolute Gasteiger partial charge is 0.447 e. The zero-order valence-corrected chi connectivity index (χ0v) is 16.3. The summed E-state index contributed by atoms with van der Waals surface area (Å²) < 4.78 is 5.42.